The van der Waals surface area contributed by atoms with Crippen LogP contribution in [0.3, 0.4) is 0 Å². The largest absolute Gasteiger partial charge is 0.448 e. The number of likely N-dealkylation sites (tertiary alicyclic amines) is 1. The van der Waals surface area contributed by atoms with E-state index in [0.717, 1.165) is 37.5 Å². The molecule has 0 N–H and O–H groups in total. The second-order valence-corrected chi connectivity index (χ2v) is 5.36. The lowest BCUT2D eigenvalue weighted by molar-refractivity contribution is 0.0789. The first kappa shape index (κ1) is 14.6. The third-order valence-corrected chi connectivity index (χ3v) is 3.87. The van der Waals surface area contributed by atoms with Crippen LogP contribution in [0.15, 0.2) is 11.3 Å². The lowest BCUT2D eigenvalue weighted by Gasteiger charge is -2.12. The first-order valence-corrected chi connectivity index (χ1v) is 7.68. The summed E-state index contributed by atoms with van der Waals surface area (Å²) in [4.78, 5) is 33.8. The molecule has 10 heteroatoms. The molecule has 0 atom stereocenters. The maximum absolute atomic E-state index is 12.4. The Kier molecular flexibility index (Phi) is 4.09. The van der Waals surface area contributed by atoms with E-state index in [1.165, 1.54) is 10.7 Å². The van der Waals surface area contributed by atoms with Gasteiger partial charge in [-0.3, -0.25) is 9.20 Å². The zero-order valence-electron chi connectivity index (χ0n) is 11.9. The predicted molar refractivity (Wildman–Crippen MR) is 76.4 cm³/mol. The molecular weight excluding hydrogens is 308 g/mol. The molecule has 2 amide bonds. The first-order chi connectivity index (χ1) is 10.7. The summed E-state index contributed by atoms with van der Waals surface area (Å²) in [5.74, 6) is -0.174. The SMILES string of the molecule is CCOC(=O)N=c1snnc2c(C(=O)N3CCCC3)ncn12. The third kappa shape index (κ3) is 2.69. The molecule has 1 aliphatic rings. The Bertz CT molecular complexity index is 777. The number of aromatic nitrogens is 4. The van der Waals surface area contributed by atoms with Gasteiger partial charge in [-0.05, 0) is 19.8 Å². The minimum atomic E-state index is -0.714. The summed E-state index contributed by atoms with van der Waals surface area (Å²) in [7, 11) is 0. The summed E-state index contributed by atoms with van der Waals surface area (Å²) >= 11 is 0.923. The number of fused-ring (bicyclic) bond motifs is 1. The lowest BCUT2D eigenvalue weighted by Crippen LogP contribution is -2.28. The number of carbonyl (C=O) groups is 2. The van der Waals surface area contributed by atoms with E-state index in [0.29, 0.717) is 5.65 Å². The average Bonchev–Trinajstić information content (AvgIpc) is 3.17. The molecule has 1 fully saturated rings. The molecule has 0 aromatic carbocycles. The minimum Gasteiger partial charge on any atom is -0.448 e. The number of rotatable bonds is 2. The van der Waals surface area contributed by atoms with Gasteiger partial charge in [0, 0.05) is 24.6 Å². The number of carbonyl (C=O) groups excluding carboxylic acids is 2. The van der Waals surface area contributed by atoms with E-state index in [1.807, 2.05) is 0 Å². The van der Waals surface area contributed by atoms with Gasteiger partial charge in [0.25, 0.3) is 5.91 Å². The second-order valence-electron chi connectivity index (χ2n) is 4.65. The summed E-state index contributed by atoms with van der Waals surface area (Å²) < 4.78 is 10.1. The maximum atomic E-state index is 12.4. The van der Waals surface area contributed by atoms with Gasteiger partial charge < -0.3 is 9.64 Å². The smallest absolute Gasteiger partial charge is 0.436 e. The lowest BCUT2D eigenvalue weighted by atomic mass is 10.4. The molecule has 2 aromatic rings. The average molecular weight is 322 g/mol. The van der Waals surface area contributed by atoms with Crippen molar-refractivity contribution in [3.05, 3.63) is 16.8 Å². The molecule has 3 heterocycles. The van der Waals surface area contributed by atoms with Crippen LogP contribution < -0.4 is 4.80 Å². The Morgan fingerprint density at radius 2 is 2.18 bits per heavy atom. The maximum Gasteiger partial charge on any atom is 0.436 e. The highest BCUT2D eigenvalue weighted by atomic mass is 32.1. The van der Waals surface area contributed by atoms with E-state index < -0.39 is 6.09 Å². The Morgan fingerprint density at radius 3 is 2.91 bits per heavy atom. The predicted octanol–water partition coefficient (Wildman–Crippen LogP) is 0.479. The highest BCUT2D eigenvalue weighted by Gasteiger charge is 2.24. The standard InChI is InChI=1S/C12H14N6O3S/c1-2-21-12(20)14-11-18-7-13-8(9(18)15-16-22-11)10(19)17-5-3-4-6-17/h7H,2-6H2,1H3. The van der Waals surface area contributed by atoms with Crippen LogP contribution in [0.2, 0.25) is 0 Å². The van der Waals surface area contributed by atoms with Crippen molar-refractivity contribution in [1.82, 2.24) is 23.9 Å². The molecule has 9 nitrogen and oxygen atoms in total. The summed E-state index contributed by atoms with van der Waals surface area (Å²) in [5, 5.41) is 3.96. The number of hydrogen-bond acceptors (Lipinski definition) is 7. The molecule has 0 aliphatic carbocycles. The normalized spacial score (nSPS) is 15.5. The topological polar surface area (TPSA) is 102 Å². The number of amides is 2. The molecule has 116 valence electrons. The van der Waals surface area contributed by atoms with E-state index in [4.69, 9.17) is 4.74 Å². The van der Waals surface area contributed by atoms with Gasteiger partial charge in [-0.25, -0.2) is 9.78 Å². The van der Waals surface area contributed by atoms with Crippen LogP contribution in [0.5, 0.6) is 0 Å². The Labute approximate surface area is 129 Å². The number of hydrogen-bond donors (Lipinski definition) is 0. The molecule has 22 heavy (non-hydrogen) atoms. The van der Waals surface area contributed by atoms with Crippen molar-refractivity contribution in [3.8, 4) is 0 Å². The van der Waals surface area contributed by atoms with Gasteiger partial charge in [-0.15, -0.1) is 10.1 Å². The highest BCUT2D eigenvalue weighted by Crippen LogP contribution is 2.13. The quantitative estimate of drug-likeness (QED) is 0.797. The number of ether oxygens (including phenoxy) is 1. The van der Waals surface area contributed by atoms with Crippen molar-refractivity contribution < 1.29 is 14.3 Å². The molecule has 0 bridgehead atoms. The van der Waals surface area contributed by atoms with Crippen molar-refractivity contribution in [2.75, 3.05) is 19.7 Å². The van der Waals surface area contributed by atoms with Crippen LogP contribution in [0, 0.1) is 0 Å². The van der Waals surface area contributed by atoms with E-state index in [9.17, 15) is 9.59 Å². The van der Waals surface area contributed by atoms with Gasteiger partial charge in [0.15, 0.2) is 11.3 Å². The van der Waals surface area contributed by atoms with Crippen molar-refractivity contribution in [2.45, 2.75) is 19.8 Å². The van der Waals surface area contributed by atoms with Crippen LogP contribution in [-0.4, -0.2) is 55.6 Å². The van der Waals surface area contributed by atoms with E-state index in [-0.39, 0.29) is 23.0 Å². The van der Waals surface area contributed by atoms with E-state index in [1.54, 1.807) is 11.8 Å². The minimum absolute atomic E-state index is 0.174. The molecular formula is C12H14N6O3S. The molecule has 3 rings (SSSR count). The van der Waals surface area contributed by atoms with Crippen molar-refractivity contribution in [2.24, 2.45) is 4.99 Å². The van der Waals surface area contributed by atoms with Crippen LogP contribution in [0.4, 0.5) is 4.79 Å². The van der Waals surface area contributed by atoms with E-state index in [2.05, 4.69) is 19.6 Å². The van der Waals surface area contributed by atoms with Crippen molar-refractivity contribution in [1.29, 1.82) is 0 Å². The summed E-state index contributed by atoms with van der Waals surface area (Å²) in [5.41, 5.74) is 0.515. The Balaban J connectivity index is 2.02. The van der Waals surface area contributed by atoms with Gasteiger partial charge in [0.2, 0.25) is 4.80 Å². The van der Waals surface area contributed by atoms with Gasteiger partial charge in [0.05, 0.1) is 6.61 Å². The van der Waals surface area contributed by atoms with Crippen LogP contribution in [-0.2, 0) is 4.74 Å². The van der Waals surface area contributed by atoms with Gasteiger partial charge in [-0.1, -0.05) is 4.49 Å². The van der Waals surface area contributed by atoms with Gasteiger partial charge >= 0.3 is 6.09 Å². The summed E-state index contributed by atoms with van der Waals surface area (Å²) in [6.45, 7) is 3.38. The summed E-state index contributed by atoms with van der Waals surface area (Å²) in [6.07, 6.45) is 2.69. The molecule has 0 unspecified atom stereocenters. The van der Waals surface area contributed by atoms with Crippen molar-refractivity contribution >= 4 is 29.2 Å². The molecule has 0 spiro atoms. The zero-order valence-corrected chi connectivity index (χ0v) is 12.7. The van der Waals surface area contributed by atoms with Crippen molar-refractivity contribution in [3.63, 3.8) is 0 Å². The highest BCUT2D eigenvalue weighted by molar-refractivity contribution is 7.02. The van der Waals surface area contributed by atoms with Crippen LogP contribution >= 0.6 is 11.5 Å². The molecule has 1 saturated heterocycles. The van der Waals surface area contributed by atoms with E-state index >= 15 is 0 Å². The Hall–Kier alpha value is -2.36. The monoisotopic (exact) mass is 322 g/mol. The fourth-order valence-electron chi connectivity index (χ4n) is 2.25. The number of nitrogens with zero attached hydrogens (tertiary/aromatic N) is 6. The summed E-state index contributed by atoms with van der Waals surface area (Å²) in [6, 6.07) is 0. The first-order valence-electron chi connectivity index (χ1n) is 6.91. The second kappa shape index (κ2) is 6.18. The van der Waals surface area contributed by atoms with Gasteiger partial charge in [0.1, 0.15) is 6.33 Å². The number of imidazole rings is 1. The fraction of sp³-hybridized carbons (Fsp3) is 0.500. The molecule has 2 aromatic heterocycles. The molecule has 0 radical (unpaired) electrons. The van der Waals surface area contributed by atoms with Crippen LogP contribution in [0.1, 0.15) is 30.3 Å². The van der Waals surface area contributed by atoms with Gasteiger partial charge in [-0.2, -0.15) is 0 Å². The molecule has 0 saturated carbocycles. The van der Waals surface area contributed by atoms with Crippen LogP contribution in [0.25, 0.3) is 5.65 Å². The molecule has 1 aliphatic heterocycles. The Morgan fingerprint density at radius 1 is 1.41 bits per heavy atom. The fourth-order valence-corrected chi connectivity index (χ4v) is 2.77. The third-order valence-electron chi connectivity index (χ3n) is 3.26. The zero-order chi connectivity index (χ0) is 15.5.